The van der Waals surface area contributed by atoms with Gasteiger partial charge in [0.05, 0.1) is 11.2 Å². The van der Waals surface area contributed by atoms with Crippen LogP contribution in [0.5, 0.6) is 0 Å². The SMILES string of the molecule is C(=Cc1nccn2cccc12)c1ccccc1. The molecule has 2 aromatic heterocycles. The summed E-state index contributed by atoms with van der Waals surface area (Å²) in [5.74, 6) is 0. The predicted octanol–water partition coefficient (Wildman–Crippen LogP) is 3.50. The van der Waals surface area contributed by atoms with Crippen LogP contribution in [0.3, 0.4) is 0 Å². The number of nitrogens with zero attached hydrogens (tertiary/aromatic N) is 2. The molecule has 3 aromatic rings. The standard InChI is InChI=1S/C15H12N2/c1-2-5-13(6-3-1)8-9-14-15-7-4-11-17(15)12-10-16-14/h1-12H. The topological polar surface area (TPSA) is 17.3 Å². The van der Waals surface area contributed by atoms with Crippen molar-refractivity contribution in [2.45, 2.75) is 0 Å². The van der Waals surface area contributed by atoms with E-state index in [-0.39, 0.29) is 0 Å². The smallest absolute Gasteiger partial charge is 0.0870 e. The first-order valence-electron chi connectivity index (χ1n) is 5.58. The summed E-state index contributed by atoms with van der Waals surface area (Å²) in [6, 6.07) is 14.3. The summed E-state index contributed by atoms with van der Waals surface area (Å²) in [7, 11) is 0. The summed E-state index contributed by atoms with van der Waals surface area (Å²) in [6.45, 7) is 0. The van der Waals surface area contributed by atoms with E-state index in [0.29, 0.717) is 0 Å². The highest BCUT2D eigenvalue weighted by molar-refractivity contribution is 5.75. The van der Waals surface area contributed by atoms with Crippen LogP contribution in [0.15, 0.2) is 61.1 Å². The van der Waals surface area contributed by atoms with Gasteiger partial charge in [-0.15, -0.1) is 0 Å². The zero-order valence-corrected chi connectivity index (χ0v) is 9.32. The second-order valence-corrected chi connectivity index (χ2v) is 3.86. The van der Waals surface area contributed by atoms with Gasteiger partial charge >= 0.3 is 0 Å². The maximum atomic E-state index is 4.39. The Morgan fingerprint density at radius 3 is 2.65 bits per heavy atom. The molecule has 1 aromatic carbocycles. The monoisotopic (exact) mass is 220 g/mol. The van der Waals surface area contributed by atoms with Gasteiger partial charge in [0.2, 0.25) is 0 Å². The van der Waals surface area contributed by atoms with Crippen LogP contribution in [0.25, 0.3) is 17.7 Å². The Labute approximate surface area is 99.9 Å². The molecule has 0 aliphatic carbocycles. The predicted molar refractivity (Wildman–Crippen MR) is 70.6 cm³/mol. The summed E-state index contributed by atoms with van der Waals surface area (Å²) < 4.78 is 2.07. The van der Waals surface area contributed by atoms with Gasteiger partial charge in [-0.2, -0.15) is 0 Å². The van der Waals surface area contributed by atoms with E-state index in [0.717, 1.165) is 11.2 Å². The van der Waals surface area contributed by atoms with E-state index in [1.54, 1.807) is 0 Å². The zero-order valence-electron chi connectivity index (χ0n) is 9.32. The minimum absolute atomic E-state index is 0.987. The molecule has 0 spiro atoms. The fraction of sp³-hybridized carbons (Fsp3) is 0. The lowest BCUT2D eigenvalue weighted by Gasteiger charge is -1.98. The summed E-state index contributed by atoms with van der Waals surface area (Å²) in [5, 5.41) is 0. The second kappa shape index (κ2) is 4.26. The van der Waals surface area contributed by atoms with Gasteiger partial charge in [-0.05, 0) is 23.8 Å². The molecule has 0 saturated heterocycles. The Hall–Kier alpha value is -2.35. The molecule has 0 aliphatic rings. The number of hydrogen-bond acceptors (Lipinski definition) is 1. The Kier molecular flexibility index (Phi) is 2.47. The number of benzene rings is 1. The molecule has 2 heteroatoms. The van der Waals surface area contributed by atoms with Gasteiger partial charge in [0.15, 0.2) is 0 Å². The first-order valence-corrected chi connectivity index (χ1v) is 5.58. The Balaban J connectivity index is 2.00. The molecular formula is C15H12N2. The zero-order chi connectivity index (χ0) is 11.5. The lowest BCUT2D eigenvalue weighted by Crippen LogP contribution is -1.87. The van der Waals surface area contributed by atoms with Crippen molar-refractivity contribution < 1.29 is 0 Å². The lowest BCUT2D eigenvalue weighted by molar-refractivity contribution is 1.13. The highest BCUT2D eigenvalue weighted by Crippen LogP contribution is 2.12. The number of aromatic nitrogens is 2. The third kappa shape index (κ3) is 1.97. The molecular weight excluding hydrogens is 208 g/mol. The molecule has 0 amide bonds. The van der Waals surface area contributed by atoms with Gasteiger partial charge in [-0.25, -0.2) is 0 Å². The van der Waals surface area contributed by atoms with Gasteiger partial charge in [-0.1, -0.05) is 36.4 Å². The van der Waals surface area contributed by atoms with E-state index in [1.807, 2.05) is 48.9 Å². The van der Waals surface area contributed by atoms with E-state index in [1.165, 1.54) is 5.56 Å². The first-order chi connectivity index (χ1) is 8.43. The van der Waals surface area contributed by atoms with Crippen LogP contribution in [0.4, 0.5) is 0 Å². The molecule has 0 fully saturated rings. The maximum Gasteiger partial charge on any atom is 0.0870 e. The molecule has 2 heterocycles. The van der Waals surface area contributed by atoms with Crippen LogP contribution in [0.1, 0.15) is 11.3 Å². The minimum Gasteiger partial charge on any atom is -0.320 e. The molecule has 82 valence electrons. The van der Waals surface area contributed by atoms with Crippen molar-refractivity contribution in [2.24, 2.45) is 0 Å². The molecule has 2 nitrogen and oxygen atoms in total. The average Bonchev–Trinajstić information content (AvgIpc) is 2.86. The van der Waals surface area contributed by atoms with Crippen molar-refractivity contribution in [1.82, 2.24) is 9.38 Å². The van der Waals surface area contributed by atoms with Crippen LogP contribution in [0, 0.1) is 0 Å². The third-order valence-electron chi connectivity index (χ3n) is 2.72. The van der Waals surface area contributed by atoms with Gasteiger partial charge < -0.3 is 4.40 Å². The first kappa shape index (κ1) is 9.85. The summed E-state index contributed by atoms with van der Waals surface area (Å²) in [4.78, 5) is 4.39. The molecule has 0 N–H and O–H groups in total. The lowest BCUT2D eigenvalue weighted by atomic mass is 10.2. The molecule has 0 bridgehead atoms. The van der Waals surface area contributed by atoms with Crippen molar-refractivity contribution in [3.05, 3.63) is 72.3 Å². The van der Waals surface area contributed by atoms with Gasteiger partial charge in [0, 0.05) is 18.6 Å². The normalized spacial score (nSPS) is 11.3. The minimum atomic E-state index is 0.987. The third-order valence-corrected chi connectivity index (χ3v) is 2.72. The largest absolute Gasteiger partial charge is 0.320 e. The quantitative estimate of drug-likeness (QED) is 0.646. The summed E-state index contributed by atoms with van der Waals surface area (Å²) >= 11 is 0. The van der Waals surface area contributed by atoms with E-state index in [4.69, 9.17) is 0 Å². The fourth-order valence-electron chi connectivity index (χ4n) is 1.86. The van der Waals surface area contributed by atoms with Crippen molar-refractivity contribution in [2.75, 3.05) is 0 Å². The van der Waals surface area contributed by atoms with Crippen molar-refractivity contribution >= 4 is 17.7 Å². The van der Waals surface area contributed by atoms with Crippen molar-refractivity contribution in [3.63, 3.8) is 0 Å². The molecule has 3 rings (SSSR count). The highest BCUT2D eigenvalue weighted by Gasteiger charge is 1.97. The molecule has 0 saturated carbocycles. The van der Waals surface area contributed by atoms with Crippen molar-refractivity contribution in [1.29, 1.82) is 0 Å². The van der Waals surface area contributed by atoms with Gasteiger partial charge in [0.25, 0.3) is 0 Å². The Morgan fingerprint density at radius 1 is 0.882 bits per heavy atom. The number of hydrogen-bond donors (Lipinski definition) is 0. The van der Waals surface area contributed by atoms with Crippen LogP contribution in [0.2, 0.25) is 0 Å². The molecule has 0 atom stereocenters. The molecule has 0 aliphatic heterocycles. The van der Waals surface area contributed by atoms with Gasteiger partial charge in [0.1, 0.15) is 0 Å². The fourth-order valence-corrected chi connectivity index (χ4v) is 1.86. The highest BCUT2D eigenvalue weighted by atomic mass is 14.9. The van der Waals surface area contributed by atoms with E-state index >= 15 is 0 Å². The second-order valence-electron chi connectivity index (χ2n) is 3.86. The van der Waals surface area contributed by atoms with Crippen LogP contribution < -0.4 is 0 Å². The van der Waals surface area contributed by atoms with Crippen molar-refractivity contribution in [3.8, 4) is 0 Å². The Bertz CT molecular complexity index is 651. The van der Waals surface area contributed by atoms with Gasteiger partial charge in [-0.3, -0.25) is 4.98 Å². The molecule has 0 unspecified atom stereocenters. The average molecular weight is 220 g/mol. The van der Waals surface area contributed by atoms with E-state index in [2.05, 4.69) is 33.7 Å². The number of rotatable bonds is 2. The Morgan fingerprint density at radius 2 is 1.76 bits per heavy atom. The molecule has 0 radical (unpaired) electrons. The van der Waals surface area contributed by atoms with Crippen LogP contribution in [-0.4, -0.2) is 9.38 Å². The van der Waals surface area contributed by atoms with E-state index < -0.39 is 0 Å². The van der Waals surface area contributed by atoms with Crippen LogP contribution >= 0.6 is 0 Å². The maximum absolute atomic E-state index is 4.39. The summed E-state index contributed by atoms with van der Waals surface area (Å²) in [6.07, 6.45) is 9.92. The molecule has 17 heavy (non-hydrogen) atoms. The summed E-state index contributed by atoms with van der Waals surface area (Å²) in [5.41, 5.74) is 3.30. The number of fused-ring (bicyclic) bond motifs is 1. The van der Waals surface area contributed by atoms with Crippen LogP contribution in [-0.2, 0) is 0 Å². The van der Waals surface area contributed by atoms with E-state index in [9.17, 15) is 0 Å².